The Kier molecular flexibility index (Phi) is 4.08. The number of hydrogen-bond donors (Lipinski definition) is 1. The lowest BCUT2D eigenvalue weighted by molar-refractivity contribution is 0.218. The number of aromatic nitrogens is 1. The van der Waals surface area contributed by atoms with E-state index >= 15 is 0 Å². The summed E-state index contributed by atoms with van der Waals surface area (Å²) in [4.78, 5) is 6.03. The molecule has 0 saturated heterocycles. The van der Waals surface area contributed by atoms with Gasteiger partial charge >= 0.3 is 0 Å². The van der Waals surface area contributed by atoms with Crippen molar-refractivity contribution in [2.45, 2.75) is 39.0 Å². The summed E-state index contributed by atoms with van der Waals surface area (Å²) in [5, 5.41) is 1.45. The number of nitrogens with zero attached hydrogens (tertiary/aromatic N) is 1. The number of hydrogen-bond acceptors (Lipinski definition) is 1. The van der Waals surface area contributed by atoms with Crippen molar-refractivity contribution in [2.75, 3.05) is 20.6 Å². The van der Waals surface area contributed by atoms with Crippen LogP contribution in [-0.2, 0) is 6.42 Å². The minimum absolute atomic E-state index is 0.644. The van der Waals surface area contributed by atoms with E-state index in [-0.39, 0.29) is 0 Å². The van der Waals surface area contributed by atoms with E-state index in [1.165, 1.54) is 42.4 Å². The van der Waals surface area contributed by atoms with Crippen LogP contribution in [0.15, 0.2) is 24.3 Å². The normalized spacial score (nSPS) is 25.5. The molecule has 0 radical (unpaired) electrons. The Balaban J connectivity index is 1.96. The molecule has 21 heavy (non-hydrogen) atoms. The number of benzene rings is 1. The predicted molar refractivity (Wildman–Crippen MR) is 90.9 cm³/mol. The molecule has 2 heteroatoms. The molecule has 1 aromatic heterocycles. The van der Waals surface area contributed by atoms with Gasteiger partial charge in [0.25, 0.3) is 0 Å². The van der Waals surface area contributed by atoms with Crippen molar-refractivity contribution in [3.63, 3.8) is 0 Å². The van der Waals surface area contributed by atoms with Crippen LogP contribution in [-0.4, -0.2) is 30.5 Å². The lowest BCUT2D eigenvalue weighted by Crippen LogP contribution is -2.30. The molecular formula is C19H28N2. The first kappa shape index (κ1) is 14.6. The summed E-state index contributed by atoms with van der Waals surface area (Å²) in [7, 11) is 4.37. The molecule has 0 aliphatic heterocycles. The standard InChI is InChI=1S/C19H28N2/c1-5-14-12-17-16-8-6-7-9-18(16)20-19(17)13(2)15(14)10-11-21(3)4/h6-9,13-15,20H,5,10-12H2,1-4H3. The Morgan fingerprint density at radius 1 is 1.24 bits per heavy atom. The molecule has 3 rings (SSSR count). The van der Waals surface area contributed by atoms with Crippen LogP contribution in [0, 0.1) is 11.8 Å². The van der Waals surface area contributed by atoms with Crippen LogP contribution in [0.25, 0.3) is 10.9 Å². The van der Waals surface area contributed by atoms with Crippen LogP contribution < -0.4 is 0 Å². The van der Waals surface area contributed by atoms with E-state index in [2.05, 4.69) is 62.1 Å². The Hall–Kier alpha value is -1.28. The van der Waals surface area contributed by atoms with Crippen LogP contribution >= 0.6 is 0 Å². The maximum absolute atomic E-state index is 3.71. The molecule has 2 aromatic rings. The van der Waals surface area contributed by atoms with Gasteiger partial charge in [0.1, 0.15) is 0 Å². The average molecular weight is 284 g/mol. The third-order valence-electron chi connectivity index (χ3n) is 5.45. The molecule has 3 unspecified atom stereocenters. The molecule has 0 spiro atoms. The van der Waals surface area contributed by atoms with E-state index < -0.39 is 0 Å². The maximum Gasteiger partial charge on any atom is 0.0459 e. The zero-order chi connectivity index (χ0) is 15.0. The van der Waals surface area contributed by atoms with Gasteiger partial charge in [-0.2, -0.15) is 0 Å². The third kappa shape index (κ3) is 2.62. The van der Waals surface area contributed by atoms with Crippen LogP contribution in [0.4, 0.5) is 0 Å². The summed E-state index contributed by atoms with van der Waals surface area (Å²) in [5.74, 6) is 2.27. The first-order valence-corrected chi connectivity index (χ1v) is 8.36. The second kappa shape index (κ2) is 5.84. The highest BCUT2D eigenvalue weighted by Gasteiger charge is 2.35. The van der Waals surface area contributed by atoms with Gasteiger partial charge in [-0.1, -0.05) is 38.5 Å². The van der Waals surface area contributed by atoms with Crippen molar-refractivity contribution in [1.82, 2.24) is 9.88 Å². The molecule has 1 aromatic carbocycles. The van der Waals surface area contributed by atoms with E-state index in [4.69, 9.17) is 0 Å². The van der Waals surface area contributed by atoms with E-state index in [1.807, 2.05) is 0 Å². The van der Waals surface area contributed by atoms with E-state index in [9.17, 15) is 0 Å². The molecule has 1 aliphatic carbocycles. The van der Waals surface area contributed by atoms with Gasteiger partial charge in [-0.05, 0) is 62.9 Å². The maximum atomic E-state index is 3.71. The van der Waals surface area contributed by atoms with Crippen molar-refractivity contribution in [3.8, 4) is 0 Å². The first-order valence-electron chi connectivity index (χ1n) is 8.36. The largest absolute Gasteiger partial charge is 0.358 e. The van der Waals surface area contributed by atoms with Crippen LogP contribution in [0.2, 0.25) is 0 Å². The molecule has 114 valence electrons. The smallest absolute Gasteiger partial charge is 0.0459 e. The van der Waals surface area contributed by atoms with Crippen LogP contribution in [0.1, 0.15) is 43.9 Å². The topological polar surface area (TPSA) is 19.0 Å². The molecule has 3 atom stereocenters. The molecule has 2 nitrogen and oxygen atoms in total. The molecule has 0 bridgehead atoms. The molecule has 1 N–H and O–H groups in total. The van der Waals surface area contributed by atoms with Gasteiger partial charge in [-0.3, -0.25) is 0 Å². The first-order chi connectivity index (χ1) is 10.1. The Bertz CT molecular complexity index is 611. The van der Waals surface area contributed by atoms with E-state index in [0.717, 1.165) is 11.8 Å². The molecule has 0 amide bonds. The van der Waals surface area contributed by atoms with Crippen molar-refractivity contribution < 1.29 is 0 Å². The van der Waals surface area contributed by atoms with Gasteiger partial charge in [0.15, 0.2) is 0 Å². The monoisotopic (exact) mass is 284 g/mol. The van der Waals surface area contributed by atoms with Gasteiger partial charge < -0.3 is 9.88 Å². The summed E-state index contributed by atoms with van der Waals surface area (Å²) in [5.41, 5.74) is 4.41. The fourth-order valence-electron chi connectivity index (χ4n) is 4.21. The zero-order valence-electron chi connectivity index (χ0n) is 13.8. The van der Waals surface area contributed by atoms with Gasteiger partial charge in [0, 0.05) is 16.6 Å². The second-order valence-electron chi connectivity index (χ2n) is 6.98. The number of H-pyrrole nitrogens is 1. The number of aromatic amines is 1. The third-order valence-corrected chi connectivity index (χ3v) is 5.45. The van der Waals surface area contributed by atoms with Crippen molar-refractivity contribution in [3.05, 3.63) is 35.5 Å². The number of rotatable bonds is 4. The quantitative estimate of drug-likeness (QED) is 0.880. The Morgan fingerprint density at radius 3 is 2.71 bits per heavy atom. The van der Waals surface area contributed by atoms with Crippen LogP contribution in [0.3, 0.4) is 0 Å². The van der Waals surface area contributed by atoms with Crippen molar-refractivity contribution >= 4 is 10.9 Å². The fourth-order valence-corrected chi connectivity index (χ4v) is 4.21. The predicted octanol–water partition coefficient (Wildman–Crippen LogP) is 4.42. The Labute approximate surface area is 128 Å². The highest BCUT2D eigenvalue weighted by atomic mass is 15.0. The van der Waals surface area contributed by atoms with Crippen LogP contribution in [0.5, 0.6) is 0 Å². The number of nitrogens with one attached hydrogen (secondary N) is 1. The second-order valence-corrected chi connectivity index (χ2v) is 6.98. The fraction of sp³-hybridized carbons (Fsp3) is 0.579. The summed E-state index contributed by atoms with van der Waals surface area (Å²) in [6, 6.07) is 8.80. The minimum atomic E-state index is 0.644. The van der Waals surface area contributed by atoms with Gasteiger partial charge in [-0.25, -0.2) is 0 Å². The minimum Gasteiger partial charge on any atom is -0.358 e. The van der Waals surface area contributed by atoms with E-state index in [0.29, 0.717) is 5.92 Å². The molecule has 1 heterocycles. The zero-order valence-corrected chi connectivity index (χ0v) is 13.8. The lowest BCUT2D eigenvalue weighted by atomic mass is 9.69. The summed E-state index contributed by atoms with van der Waals surface area (Å²) in [6.45, 7) is 5.98. The summed E-state index contributed by atoms with van der Waals surface area (Å²) < 4.78 is 0. The van der Waals surface area contributed by atoms with Crippen molar-refractivity contribution in [2.24, 2.45) is 11.8 Å². The average Bonchev–Trinajstić information content (AvgIpc) is 2.85. The summed E-state index contributed by atoms with van der Waals surface area (Å²) >= 11 is 0. The molecule has 1 aliphatic rings. The number of para-hydroxylation sites is 1. The number of fused-ring (bicyclic) bond motifs is 3. The molecule has 0 saturated carbocycles. The highest BCUT2D eigenvalue weighted by molar-refractivity contribution is 5.85. The summed E-state index contributed by atoms with van der Waals surface area (Å²) in [6.07, 6.45) is 3.85. The molecular weight excluding hydrogens is 256 g/mol. The highest BCUT2D eigenvalue weighted by Crippen LogP contribution is 2.44. The Morgan fingerprint density at radius 2 is 2.00 bits per heavy atom. The van der Waals surface area contributed by atoms with Crippen molar-refractivity contribution in [1.29, 1.82) is 0 Å². The van der Waals surface area contributed by atoms with E-state index in [1.54, 1.807) is 5.56 Å². The SMILES string of the molecule is CCC1Cc2c([nH]c3ccccc23)C(C)C1CCN(C)C. The lowest BCUT2D eigenvalue weighted by Gasteiger charge is -2.37. The van der Waals surface area contributed by atoms with Gasteiger partial charge in [0.05, 0.1) is 0 Å². The molecule has 0 fully saturated rings. The van der Waals surface area contributed by atoms with Gasteiger partial charge in [0.2, 0.25) is 0 Å². The van der Waals surface area contributed by atoms with Gasteiger partial charge in [-0.15, -0.1) is 0 Å².